The Labute approximate surface area is 98.2 Å². The van der Waals surface area contributed by atoms with Crippen LogP contribution in [0.15, 0.2) is 0 Å². The van der Waals surface area contributed by atoms with Crippen LogP contribution in [-0.4, -0.2) is 59.6 Å². The van der Waals surface area contributed by atoms with Crippen LogP contribution in [0.2, 0.25) is 0 Å². The molecule has 2 atom stereocenters. The Bertz CT molecular complexity index is 243. The van der Waals surface area contributed by atoms with Crippen molar-refractivity contribution < 1.29 is 9.90 Å². The molecule has 0 spiro atoms. The van der Waals surface area contributed by atoms with Gasteiger partial charge >= 0.3 is 0 Å². The largest absolute Gasteiger partial charge is 0.393 e. The van der Waals surface area contributed by atoms with E-state index in [0.717, 1.165) is 19.5 Å². The molecule has 4 heteroatoms. The van der Waals surface area contributed by atoms with Gasteiger partial charge in [-0.1, -0.05) is 6.92 Å². The van der Waals surface area contributed by atoms with Crippen molar-refractivity contribution >= 4 is 5.91 Å². The molecule has 1 saturated heterocycles. The summed E-state index contributed by atoms with van der Waals surface area (Å²) in [4.78, 5) is 15.8. The van der Waals surface area contributed by atoms with Crippen LogP contribution in [0, 0.1) is 5.92 Å². The lowest BCUT2D eigenvalue weighted by Crippen LogP contribution is -2.47. The summed E-state index contributed by atoms with van der Waals surface area (Å²) in [5.74, 6) is 0.435. The van der Waals surface area contributed by atoms with Crippen LogP contribution in [0.25, 0.3) is 0 Å². The minimum Gasteiger partial charge on any atom is -0.393 e. The number of likely N-dealkylation sites (tertiary alicyclic amines) is 1. The summed E-state index contributed by atoms with van der Waals surface area (Å²) >= 11 is 0. The Balaban J connectivity index is 2.40. The smallest absolute Gasteiger partial charge is 0.236 e. The van der Waals surface area contributed by atoms with Gasteiger partial charge in [-0.25, -0.2) is 0 Å². The molecular formula is C12H24N2O2. The highest BCUT2D eigenvalue weighted by atomic mass is 16.3. The predicted molar refractivity (Wildman–Crippen MR) is 64.1 cm³/mol. The first-order valence-electron chi connectivity index (χ1n) is 6.08. The van der Waals surface area contributed by atoms with Gasteiger partial charge in [-0.15, -0.1) is 0 Å². The zero-order chi connectivity index (χ0) is 12.3. The van der Waals surface area contributed by atoms with E-state index < -0.39 is 0 Å². The Morgan fingerprint density at radius 3 is 2.69 bits per heavy atom. The summed E-state index contributed by atoms with van der Waals surface area (Å²) in [5, 5.41) is 9.60. The molecule has 0 aromatic heterocycles. The summed E-state index contributed by atoms with van der Waals surface area (Å²) in [6.45, 7) is 8.18. The predicted octanol–water partition coefficient (Wildman–Crippen LogP) is 0.556. The molecule has 0 aliphatic carbocycles. The third-order valence-corrected chi connectivity index (χ3v) is 3.47. The van der Waals surface area contributed by atoms with E-state index in [0.29, 0.717) is 6.54 Å². The summed E-state index contributed by atoms with van der Waals surface area (Å²) < 4.78 is 0. The number of carbonyl (C=O) groups is 1. The van der Waals surface area contributed by atoms with Gasteiger partial charge < -0.3 is 10.0 Å². The van der Waals surface area contributed by atoms with Gasteiger partial charge in [0.1, 0.15) is 0 Å². The molecule has 1 aliphatic heterocycles. The summed E-state index contributed by atoms with van der Waals surface area (Å²) in [5.41, 5.74) is 0. The summed E-state index contributed by atoms with van der Waals surface area (Å²) in [7, 11) is 1.84. The first-order chi connectivity index (χ1) is 7.41. The third kappa shape index (κ3) is 3.46. The number of rotatable bonds is 3. The lowest BCUT2D eigenvalue weighted by atomic mass is 9.97. The SMILES string of the molecule is CC1CN(CC(=O)N(C)C(C)C)CCC1O. The third-order valence-electron chi connectivity index (χ3n) is 3.47. The van der Waals surface area contributed by atoms with Crippen molar-refractivity contribution in [3.05, 3.63) is 0 Å². The Kier molecular flexibility index (Phi) is 4.74. The highest BCUT2D eigenvalue weighted by molar-refractivity contribution is 5.78. The molecule has 94 valence electrons. The van der Waals surface area contributed by atoms with Gasteiger partial charge in [-0.2, -0.15) is 0 Å². The van der Waals surface area contributed by atoms with E-state index in [1.54, 1.807) is 4.90 Å². The van der Waals surface area contributed by atoms with E-state index in [9.17, 15) is 9.90 Å². The van der Waals surface area contributed by atoms with Crippen molar-refractivity contribution in [3.63, 3.8) is 0 Å². The van der Waals surface area contributed by atoms with E-state index in [1.165, 1.54) is 0 Å². The van der Waals surface area contributed by atoms with E-state index in [1.807, 2.05) is 27.8 Å². The fourth-order valence-electron chi connectivity index (χ4n) is 1.95. The van der Waals surface area contributed by atoms with Gasteiger partial charge in [-0.05, 0) is 26.2 Å². The highest BCUT2D eigenvalue weighted by Gasteiger charge is 2.26. The lowest BCUT2D eigenvalue weighted by Gasteiger charge is -2.35. The molecule has 4 nitrogen and oxygen atoms in total. The first kappa shape index (κ1) is 13.5. The first-order valence-corrected chi connectivity index (χ1v) is 6.08. The number of hydrogen-bond donors (Lipinski definition) is 1. The maximum absolute atomic E-state index is 11.9. The molecule has 16 heavy (non-hydrogen) atoms. The Hall–Kier alpha value is -0.610. The second kappa shape index (κ2) is 5.64. The number of amides is 1. The number of carbonyl (C=O) groups excluding carboxylic acids is 1. The van der Waals surface area contributed by atoms with Gasteiger partial charge in [0.15, 0.2) is 0 Å². The number of likely N-dealkylation sites (N-methyl/N-ethyl adjacent to an activating group) is 1. The highest BCUT2D eigenvalue weighted by Crippen LogP contribution is 2.16. The second-order valence-electron chi connectivity index (χ2n) is 5.17. The lowest BCUT2D eigenvalue weighted by molar-refractivity contribution is -0.133. The van der Waals surface area contributed by atoms with Crippen molar-refractivity contribution in [2.75, 3.05) is 26.7 Å². The maximum atomic E-state index is 11.9. The Morgan fingerprint density at radius 1 is 1.56 bits per heavy atom. The van der Waals surface area contributed by atoms with Gasteiger partial charge in [0.25, 0.3) is 0 Å². The van der Waals surface area contributed by atoms with Crippen molar-refractivity contribution in [3.8, 4) is 0 Å². The average Bonchev–Trinajstić information content (AvgIpc) is 2.22. The van der Waals surface area contributed by atoms with Gasteiger partial charge in [-0.3, -0.25) is 9.69 Å². The molecule has 2 unspecified atom stereocenters. The van der Waals surface area contributed by atoms with E-state index in [4.69, 9.17) is 0 Å². The minimum absolute atomic E-state index is 0.165. The van der Waals surface area contributed by atoms with Crippen LogP contribution < -0.4 is 0 Å². The fourth-order valence-corrected chi connectivity index (χ4v) is 1.95. The van der Waals surface area contributed by atoms with Crippen LogP contribution >= 0.6 is 0 Å². The molecule has 1 aliphatic rings. The average molecular weight is 228 g/mol. The molecule has 1 rings (SSSR count). The quantitative estimate of drug-likeness (QED) is 0.767. The van der Waals surface area contributed by atoms with Crippen LogP contribution in [0.1, 0.15) is 27.2 Å². The zero-order valence-electron chi connectivity index (χ0n) is 10.8. The number of aliphatic hydroxyl groups excluding tert-OH is 1. The zero-order valence-corrected chi connectivity index (χ0v) is 10.8. The molecule has 0 aromatic rings. The van der Waals surface area contributed by atoms with Gasteiger partial charge in [0, 0.05) is 26.2 Å². The molecule has 1 heterocycles. The normalized spacial score (nSPS) is 27.1. The van der Waals surface area contributed by atoms with Gasteiger partial charge in [0.05, 0.1) is 12.6 Å². The molecule has 0 aromatic carbocycles. The summed E-state index contributed by atoms with van der Waals surface area (Å²) in [6.07, 6.45) is 0.578. The van der Waals surface area contributed by atoms with Crippen LogP contribution in [-0.2, 0) is 4.79 Å². The van der Waals surface area contributed by atoms with E-state index in [-0.39, 0.29) is 24.0 Å². The van der Waals surface area contributed by atoms with Gasteiger partial charge in [0.2, 0.25) is 5.91 Å². The topological polar surface area (TPSA) is 43.8 Å². The number of piperidine rings is 1. The van der Waals surface area contributed by atoms with Crippen molar-refractivity contribution in [1.82, 2.24) is 9.80 Å². The molecule has 0 bridgehead atoms. The molecule has 1 N–H and O–H groups in total. The molecule has 1 amide bonds. The van der Waals surface area contributed by atoms with Crippen molar-refractivity contribution in [2.24, 2.45) is 5.92 Å². The standard InChI is InChI=1S/C12H24N2O2/c1-9(2)13(4)12(16)8-14-6-5-11(15)10(3)7-14/h9-11,15H,5-8H2,1-4H3. The fraction of sp³-hybridized carbons (Fsp3) is 0.917. The number of nitrogens with zero attached hydrogens (tertiary/aromatic N) is 2. The molecule has 0 radical (unpaired) electrons. The van der Waals surface area contributed by atoms with Crippen molar-refractivity contribution in [2.45, 2.75) is 39.3 Å². The number of hydrogen-bond acceptors (Lipinski definition) is 3. The van der Waals surface area contributed by atoms with E-state index in [2.05, 4.69) is 4.90 Å². The van der Waals surface area contributed by atoms with Crippen LogP contribution in [0.3, 0.4) is 0 Å². The minimum atomic E-state index is -0.200. The molecule has 0 saturated carbocycles. The second-order valence-corrected chi connectivity index (χ2v) is 5.17. The maximum Gasteiger partial charge on any atom is 0.236 e. The van der Waals surface area contributed by atoms with Crippen molar-refractivity contribution in [1.29, 1.82) is 0 Å². The van der Waals surface area contributed by atoms with E-state index >= 15 is 0 Å². The summed E-state index contributed by atoms with van der Waals surface area (Å²) in [6, 6.07) is 0.250. The molecular weight excluding hydrogens is 204 g/mol. The molecule has 1 fully saturated rings. The van der Waals surface area contributed by atoms with Crippen LogP contribution in [0.4, 0.5) is 0 Å². The van der Waals surface area contributed by atoms with Crippen LogP contribution in [0.5, 0.6) is 0 Å². The number of aliphatic hydroxyl groups is 1. The monoisotopic (exact) mass is 228 g/mol. The Morgan fingerprint density at radius 2 is 2.19 bits per heavy atom.